The number of aromatic nitrogens is 2. The van der Waals surface area contributed by atoms with Gasteiger partial charge in [-0.05, 0) is 37.1 Å². The molecule has 3 heterocycles. The van der Waals surface area contributed by atoms with Crippen molar-refractivity contribution in [2.24, 2.45) is 0 Å². The summed E-state index contributed by atoms with van der Waals surface area (Å²) >= 11 is 0. The van der Waals surface area contributed by atoms with E-state index in [4.69, 9.17) is 4.98 Å². The number of hydrogen-bond acceptors (Lipinski definition) is 4. The minimum absolute atomic E-state index is 0.00733. The number of carbonyl (C=O) groups is 2. The predicted molar refractivity (Wildman–Crippen MR) is 112 cm³/mol. The van der Waals surface area contributed by atoms with Gasteiger partial charge in [0.25, 0.3) is 5.91 Å². The van der Waals surface area contributed by atoms with Crippen LogP contribution in [0.4, 0.5) is 0 Å². The van der Waals surface area contributed by atoms with Crippen molar-refractivity contribution < 1.29 is 9.59 Å². The summed E-state index contributed by atoms with van der Waals surface area (Å²) in [5.74, 6) is 0.00740. The third-order valence-electron chi connectivity index (χ3n) is 5.32. The average Bonchev–Trinajstić information content (AvgIpc) is 2.78. The number of amides is 2. The smallest absolute Gasteiger partial charge is 0.254 e. The lowest BCUT2D eigenvalue weighted by Gasteiger charge is -2.33. The second-order valence-corrected chi connectivity index (χ2v) is 7.32. The maximum Gasteiger partial charge on any atom is 0.254 e. The summed E-state index contributed by atoms with van der Waals surface area (Å²) in [6.07, 6.45) is 5.67. The molecule has 1 unspecified atom stereocenters. The van der Waals surface area contributed by atoms with Gasteiger partial charge in [-0.25, -0.2) is 4.98 Å². The minimum atomic E-state index is -0.0191. The number of hydrogen-bond donors (Lipinski definition) is 1. The highest BCUT2D eigenvalue weighted by Gasteiger charge is 2.26. The fourth-order valence-electron chi connectivity index (χ4n) is 3.80. The molecule has 1 atom stereocenters. The van der Waals surface area contributed by atoms with Gasteiger partial charge in [-0.3, -0.25) is 14.6 Å². The lowest BCUT2D eigenvalue weighted by molar-refractivity contribution is -0.121. The van der Waals surface area contributed by atoms with Gasteiger partial charge in [0, 0.05) is 48.9 Å². The first-order chi connectivity index (χ1) is 14.2. The van der Waals surface area contributed by atoms with Crippen molar-refractivity contribution in [3.05, 3.63) is 60.4 Å². The molecule has 1 aliphatic rings. The van der Waals surface area contributed by atoms with Crippen molar-refractivity contribution in [3.8, 4) is 11.3 Å². The zero-order valence-corrected chi connectivity index (χ0v) is 16.5. The van der Waals surface area contributed by atoms with E-state index in [2.05, 4.69) is 10.3 Å². The number of nitrogens with one attached hydrogen (secondary N) is 1. The summed E-state index contributed by atoms with van der Waals surface area (Å²) in [6, 6.07) is 13.4. The lowest BCUT2D eigenvalue weighted by atomic mass is 10.0. The van der Waals surface area contributed by atoms with Crippen LogP contribution in [0.3, 0.4) is 0 Å². The Morgan fingerprint density at radius 1 is 1.17 bits per heavy atom. The number of para-hydroxylation sites is 1. The molecule has 1 N–H and O–H groups in total. The number of benzene rings is 1. The van der Waals surface area contributed by atoms with Crippen LogP contribution in [0.1, 0.15) is 36.5 Å². The standard InChI is InChI=1S/C23H24N4O2/c1-2-22(28)25-17-6-5-13-27(15-17)23(29)19-14-21(16-9-11-24-12-10-16)26-20-8-4-3-7-18(19)20/h3-4,7-12,14,17H,2,5-6,13,15H2,1H3,(H,25,28). The van der Waals surface area contributed by atoms with E-state index in [0.29, 0.717) is 25.1 Å². The average molecular weight is 388 g/mol. The molecule has 2 amide bonds. The molecule has 0 spiro atoms. The number of carbonyl (C=O) groups excluding carboxylic acids is 2. The van der Waals surface area contributed by atoms with Gasteiger partial charge in [0.15, 0.2) is 0 Å². The zero-order valence-electron chi connectivity index (χ0n) is 16.5. The quantitative estimate of drug-likeness (QED) is 0.743. The minimum Gasteiger partial charge on any atom is -0.352 e. The van der Waals surface area contributed by atoms with Gasteiger partial charge >= 0.3 is 0 Å². The first-order valence-electron chi connectivity index (χ1n) is 10.0. The predicted octanol–water partition coefficient (Wildman–Crippen LogP) is 3.43. The molecule has 0 saturated carbocycles. The summed E-state index contributed by atoms with van der Waals surface area (Å²) in [5.41, 5.74) is 3.11. The van der Waals surface area contributed by atoms with Gasteiger partial charge in [-0.15, -0.1) is 0 Å². The van der Waals surface area contributed by atoms with E-state index in [1.54, 1.807) is 12.4 Å². The van der Waals surface area contributed by atoms with E-state index in [9.17, 15) is 9.59 Å². The van der Waals surface area contributed by atoms with Crippen LogP contribution in [0, 0.1) is 0 Å². The van der Waals surface area contributed by atoms with Crippen molar-refractivity contribution in [2.45, 2.75) is 32.2 Å². The van der Waals surface area contributed by atoms with Crippen LogP contribution >= 0.6 is 0 Å². The number of rotatable bonds is 4. The van der Waals surface area contributed by atoms with E-state index in [-0.39, 0.29) is 17.9 Å². The Kier molecular flexibility index (Phi) is 5.51. The largest absolute Gasteiger partial charge is 0.352 e. The third-order valence-corrected chi connectivity index (χ3v) is 5.32. The van der Waals surface area contributed by atoms with Crippen LogP contribution < -0.4 is 5.32 Å². The number of pyridine rings is 2. The molecule has 6 heteroatoms. The van der Waals surface area contributed by atoms with E-state index in [1.165, 1.54) is 0 Å². The van der Waals surface area contributed by atoms with E-state index < -0.39 is 0 Å². The maximum atomic E-state index is 13.5. The van der Waals surface area contributed by atoms with Crippen molar-refractivity contribution in [1.82, 2.24) is 20.2 Å². The van der Waals surface area contributed by atoms with Gasteiger partial charge in [-0.1, -0.05) is 25.1 Å². The zero-order chi connectivity index (χ0) is 20.2. The van der Waals surface area contributed by atoms with E-state index in [0.717, 1.165) is 35.0 Å². The van der Waals surface area contributed by atoms with E-state index in [1.807, 2.05) is 54.3 Å². The monoisotopic (exact) mass is 388 g/mol. The molecule has 6 nitrogen and oxygen atoms in total. The molecule has 0 bridgehead atoms. The molecule has 2 aromatic heterocycles. The van der Waals surface area contributed by atoms with Crippen LogP contribution in [0.15, 0.2) is 54.9 Å². The molecule has 3 aromatic rings. The maximum absolute atomic E-state index is 13.5. The Labute approximate surface area is 170 Å². The van der Waals surface area contributed by atoms with Gasteiger partial charge in [-0.2, -0.15) is 0 Å². The fraction of sp³-hybridized carbons (Fsp3) is 0.304. The molecular weight excluding hydrogens is 364 g/mol. The number of likely N-dealkylation sites (tertiary alicyclic amines) is 1. The third kappa shape index (κ3) is 4.11. The first-order valence-corrected chi connectivity index (χ1v) is 10.0. The van der Waals surface area contributed by atoms with Crippen LogP contribution in [0.5, 0.6) is 0 Å². The summed E-state index contributed by atoms with van der Waals surface area (Å²) in [5, 5.41) is 3.87. The molecular formula is C23H24N4O2. The Morgan fingerprint density at radius 2 is 1.97 bits per heavy atom. The second kappa shape index (κ2) is 8.39. The molecule has 1 aromatic carbocycles. The Morgan fingerprint density at radius 3 is 2.76 bits per heavy atom. The molecule has 29 heavy (non-hydrogen) atoms. The normalized spacial score (nSPS) is 16.6. The fourth-order valence-corrected chi connectivity index (χ4v) is 3.80. The summed E-state index contributed by atoms with van der Waals surface area (Å²) in [4.78, 5) is 35.9. The molecule has 1 fully saturated rings. The topological polar surface area (TPSA) is 75.2 Å². The molecule has 148 valence electrons. The Bertz CT molecular complexity index is 1040. The second-order valence-electron chi connectivity index (χ2n) is 7.32. The Hall–Kier alpha value is -3.28. The van der Waals surface area contributed by atoms with Crippen LogP contribution in [-0.4, -0.2) is 45.8 Å². The molecule has 0 radical (unpaired) electrons. The van der Waals surface area contributed by atoms with E-state index >= 15 is 0 Å². The van der Waals surface area contributed by atoms with Gasteiger partial charge in [0.05, 0.1) is 16.8 Å². The molecule has 0 aliphatic carbocycles. The highest BCUT2D eigenvalue weighted by atomic mass is 16.2. The molecule has 1 aliphatic heterocycles. The van der Waals surface area contributed by atoms with Crippen molar-refractivity contribution in [3.63, 3.8) is 0 Å². The number of fused-ring (bicyclic) bond motifs is 1. The van der Waals surface area contributed by atoms with Gasteiger partial charge < -0.3 is 10.2 Å². The highest BCUT2D eigenvalue weighted by Crippen LogP contribution is 2.26. The van der Waals surface area contributed by atoms with Crippen molar-refractivity contribution >= 4 is 22.7 Å². The summed E-state index contributed by atoms with van der Waals surface area (Å²) in [7, 11) is 0. The summed E-state index contributed by atoms with van der Waals surface area (Å²) < 4.78 is 0. The van der Waals surface area contributed by atoms with Gasteiger partial charge in [0.1, 0.15) is 0 Å². The SMILES string of the molecule is CCC(=O)NC1CCCN(C(=O)c2cc(-c3ccncc3)nc3ccccc23)C1. The van der Waals surface area contributed by atoms with Crippen LogP contribution in [-0.2, 0) is 4.79 Å². The van der Waals surface area contributed by atoms with Crippen LogP contribution in [0.2, 0.25) is 0 Å². The Balaban J connectivity index is 1.69. The summed E-state index contributed by atoms with van der Waals surface area (Å²) in [6.45, 7) is 3.06. The van der Waals surface area contributed by atoms with Gasteiger partial charge in [0.2, 0.25) is 5.91 Å². The molecule has 1 saturated heterocycles. The van der Waals surface area contributed by atoms with Crippen molar-refractivity contribution in [2.75, 3.05) is 13.1 Å². The van der Waals surface area contributed by atoms with Crippen molar-refractivity contribution in [1.29, 1.82) is 0 Å². The number of nitrogens with zero attached hydrogens (tertiary/aromatic N) is 3. The molecule has 4 rings (SSSR count). The first kappa shape index (κ1) is 19.1. The lowest BCUT2D eigenvalue weighted by Crippen LogP contribution is -2.49. The highest BCUT2D eigenvalue weighted by molar-refractivity contribution is 6.07. The number of piperidine rings is 1. The van der Waals surface area contributed by atoms with Crippen LogP contribution in [0.25, 0.3) is 22.2 Å².